The predicted molar refractivity (Wildman–Crippen MR) is 115 cm³/mol. The fraction of sp³-hybridized carbons (Fsp3) is 0.261. The predicted octanol–water partition coefficient (Wildman–Crippen LogP) is 3.78. The molecule has 3 aromatic rings. The molecule has 0 fully saturated rings. The van der Waals surface area contributed by atoms with Gasteiger partial charge >= 0.3 is 0 Å². The van der Waals surface area contributed by atoms with Crippen molar-refractivity contribution in [3.63, 3.8) is 0 Å². The van der Waals surface area contributed by atoms with E-state index >= 15 is 0 Å². The summed E-state index contributed by atoms with van der Waals surface area (Å²) in [6, 6.07) is 16.1. The Kier molecular flexibility index (Phi) is 7.65. The number of aromatic nitrogens is 2. The second kappa shape index (κ2) is 10.8. The molecule has 0 spiro atoms. The van der Waals surface area contributed by atoms with E-state index in [0.717, 1.165) is 0 Å². The number of hydrogen-bond acceptors (Lipinski definition) is 6. The van der Waals surface area contributed by atoms with Crippen molar-refractivity contribution >= 4 is 17.5 Å². The zero-order valence-electron chi connectivity index (χ0n) is 17.5. The molecule has 0 bridgehead atoms. The van der Waals surface area contributed by atoms with Crippen LogP contribution in [0.2, 0.25) is 0 Å². The fourth-order valence-corrected chi connectivity index (χ4v) is 3.03. The lowest BCUT2D eigenvalue weighted by atomic mass is 10.2. The van der Waals surface area contributed by atoms with E-state index in [-0.39, 0.29) is 55.2 Å². The van der Waals surface area contributed by atoms with Crippen LogP contribution in [0.25, 0.3) is 11.4 Å². The van der Waals surface area contributed by atoms with Gasteiger partial charge in [0.2, 0.25) is 23.5 Å². The van der Waals surface area contributed by atoms with Crippen molar-refractivity contribution in [3.05, 3.63) is 66.3 Å². The summed E-state index contributed by atoms with van der Waals surface area (Å²) in [5.41, 5.74) is 1.27. The maximum Gasteiger partial charge on any atom is 0.249 e. The lowest BCUT2D eigenvalue weighted by molar-refractivity contribution is -0.125. The molecule has 1 heterocycles. The summed E-state index contributed by atoms with van der Waals surface area (Å²) in [7, 11) is 0. The minimum atomic E-state index is -0.567. The number of carbonyl (C=O) groups is 2. The summed E-state index contributed by atoms with van der Waals surface area (Å²) in [5.74, 6) is -0.478. The molecule has 0 saturated heterocycles. The number of hydrogen-bond donors (Lipinski definition) is 1. The van der Waals surface area contributed by atoms with Gasteiger partial charge in [0.25, 0.3) is 0 Å². The average Bonchev–Trinajstić information content (AvgIpc) is 3.30. The van der Waals surface area contributed by atoms with E-state index < -0.39 is 6.04 Å². The summed E-state index contributed by atoms with van der Waals surface area (Å²) in [4.78, 5) is 30.8. The summed E-state index contributed by atoms with van der Waals surface area (Å²) in [6.07, 6.45) is 0.152. The van der Waals surface area contributed by atoms with Crippen molar-refractivity contribution in [2.24, 2.45) is 0 Å². The Morgan fingerprint density at radius 3 is 2.56 bits per heavy atom. The highest BCUT2D eigenvalue weighted by molar-refractivity contribution is 5.95. The molecule has 1 unspecified atom stereocenters. The third-order valence-electron chi connectivity index (χ3n) is 4.67. The molecular formula is C23H22FN5O3. The molecule has 2 amide bonds. The highest BCUT2D eigenvalue weighted by Gasteiger charge is 2.20. The van der Waals surface area contributed by atoms with Crippen LogP contribution in [0.3, 0.4) is 0 Å². The molecule has 2 aromatic carbocycles. The zero-order chi connectivity index (χ0) is 22.9. The van der Waals surface area contributed by atoms with Crippen LogP contribution in [0.15, 0.2) is 59.1 Å². The van der Waals surface area contributed by atoms with Gasteiger partial charge in [0.1, 0.15) is 11.9 Å². The van der Waals surface area contributed by atoms with Crippen molar-refractivity contribution < 1.29 is 18.5 Å². The molecule has 0 aliphatic rings. The Labute approximate surface area is 184 Å². The second-order valence-corrected chi connectivity index (χ2v) is 7.04. The number of amides is 2. The largest absolute Gasteiger partial charge is 0.345 e. The van der Waals surface area contributed by atoms with Gasteiger partial charge in [-0.15, -0.1) is 0 Å². The first-order valence-corrected chi connectivity index (χ1v) is 10.1. The number of benzene rings is 2. The quantitative estimate of drug-likeness (QED) is 0.547. The number of anilines is 1. The van der Waals surface area contributed by atoms with Gasteiger partial charge in [-0.05, 0) is 43.3 Å². The van der Waals surface area contributed by atoms with Crippen molar-refractivity contribution in [2.75, 3.05) is 11.4 Å². The minimum absolute atomic E-state index is 0.0104. The number of nitrogens with zero attached hydrogens (tertiary/aromatic N) is 4. The zero-order valence-corrected chi connectivity index (χ0v) is 17.5. The lowest BCUT2D eigenvalue weighted by Gasteiger charge is -2.21. The van der Waals surface area contributed by atoms with Crippen LogP contribution < -0.4 is 10.2 Å². The van der Waals surface area contributed by atoms with Crippen LogP contribution in [-0.4, -0.2) is 28.5 Å². The molecule has 0 radical (unpaired) electrons. The highest BCUT2D eigenvalue weighted by atomic mass is 19.1. The number of carbonyl (C=O) groups excluding carboxylic acids is 2. The molecule has 32 heavy (non-hydrogen) atoms. The number of para-hydroxylation sites is 1. The van der Waals surface area contributed by atoms with Crippen molar-refractivity contribution in [1.82, 2.24) is 15.5 Å². The molecule has 164 valence electrons. The summed E-state index contributed by atoms with van der Waals surface area (Å²) in [6.45, 7) is 1.94. The van der Waals surface area contributed by atoms with E-state index in [4.69, 9.17) is 9.78 Å². The van der Waals surface area contributed by atoms with Gasteiger partial charge in [0.05, 0.1) is 12.5 Å². The Hall–Kier alpha value is -4.06. The first kappa shape index (κ1) is 22.6. The Morgan fingerprint density at radius 2 is 1.88 bits per heavy atom. The van der Waals surface area contributed by atoms with E-state index in [9.17, 15) is 14.0 Å². The van der Waals surface area contributed by atoms with Crippen LogP contribution in [0.1, 0.15) is 38.1 Å². The highest BCUT2D eigenvalue weighted by Crippen LogP contribution is 2.19. The molecule has 8 nitrogen and oxygen atoms in total. The van der Waals surface area contributed by atoms with Crippen molar-refractivity contribution in [1.29, 1.82) is 5.26 Å². The monoisotopic (exact) mass is 435 g/mol. The van der Waals surface area contributed by atoms with Gasteiger partial charge in [-0.1, -0.05) is 23.4 Å². The Bertz CT molecular complexity index is 1090. The SMILES string of the molecule is CC(NC(=O)CCC(=O)N(CCC#N)c1ccccc1)c1nc(-c2ccc(F)cc2)no1. The van der Waals surface area contributed by atoms with Crippen molar-refractivity contribution in [3.8, 4) is 17.5 Å². The lowest BCUT2D eigenvalue weighted by Crippen LogP contribution is -2.33. The second-order valence-electron chi connectivity index (χ2n) is 7.04. The van der Waals surface area contributed by atoms with Crippen LogP contribution in [0.4, 0.5) is 10.1 Å². The molecule has 1 aromatic heterocycles. The van der Waals surface area contributed by atoms with E-state index in [0.29, 0.717) is 11.3 Å². The van der Waals surface area contributed by atoms with Gasteiger partial charge < -0.3 is 14.7 Å². The molecule has 1 N–H and O–H groups in total. The number of halogens is 1. The topological polar surface area (TPSA) is 112 Å². The van der Waals surface area contributed by atoms with Crippen LogP contribution in [0.5, 0.6) is 0 Å². The van der Waals surface area contributed by atoms with Crippen LogP contribution in [-0.2, 0) is 9.59 Å². The van der Waals surface area contributed by atoms with E-state index in [1.807, 2.05) is 12.1 Å². The Balaban J connectivity index is 1.55. The van der Waals surface area contributed by atoms with Crippen LogP contribution >= 0.6 is 0 Å². The molecule has 1 atom stereocenters. The molecule has 0 saturated carbocycles. The Morgan fingerprint density at radius 1 is 1.16 bits per heavy atom. The normalized spacial score (nSPS) is 11.4. The van der Waals surface area contributed by atoms with Gasteiger partial charge in [-0.2, -0.15) is 10.2 Å². The molecular weight excluding hydrogens is 413 g/mol. The van der Waals surface area contributed by atoms with Gasteiger partial charge in [-0.25, -0.2) is 4.39 Å². The number of rotatable bonds is 9. The van der Waals surface area contributed by atoms with E-state index in [1.165, 1.54) is 29.2 Å². The smallest absolute Gasteiger partial charge is 0.249 e. The van der Waals surface area contributed by atoms with E-state index in [2.05, 4.69) is 15.5 Å². The standard InChI is InChI=1S/C23H22FN5O3/c1-16(23-27-22(28-32-23)17-8-10-18(24)11-9-17)26-20(30)12-13-21(31)29(15-5-14-25)19-6-3-2-4-7-19/h2-4,6-11,16H,5,12-13,15H2,1H3,(H,26,30). The van der Waals surface area contributed by atoms with Crippen molar-refractivity contribution in [2.45, 2.75) is 32.2 Å². The fourth-order valence-electron chi connectivity index (χ4n) is 3.03. The third-order valence-corrected chi connectivity index (χ3v) is 4.67. The van der Waals surface area contributed by atoms with Crippen LogP contribution in [0, 0.1) is 17.1 Å². The molecule has 0 aliphatic heterocycles. The summed E-state index contributed by atoms with van der Waals surface area (Å²) >= 11 is 0. The van der Waals surface area contributed by atoms with Gasteiger partial charge in [-0.3, -0.25) is 9.59 Å². The first-order chi connectivity index (χ1) is 15.5. The number of nitrogens with one attached hydrogen (secondary N) is 1. The van der Waals surface area contributed by atoms with Gasteiger partial charge in [0.15, 0.2) is 0 Å². The molecule has 3 rings (SSSR count). The maximum absolute atomic E-state index is 13.1. The summed E-state index contributed by atoms with van der Waals surface area (Å²) < 4.78 is 18.3. The maximum atomic E-state index is 13.1. The number of nitriles is 1. The molecule has 9 heteroatoms. The van der Waals surface area contributed by atoms with Gasteiger partial charge in [0, 0.05) is 30.6 Å². The third kappa shape index (κ3) is 5.98. The average molecular weight is 435 g/mol. The minimum Gasteiger partial charge on any atom is -0.345 e. The van der Waals surface area contributed by atoms with E-state index in [1.54, 1.807) is 31.2 Å². The molecule has 0 aliphatic carbocycles. The summed E-state index contributed by atoms with van der Waals surface area (Å²) in [5, 5.41) is 15.5. The first-order valence-electron chi connectivity index (χ1n) is 10.1.